The van der Waals surface area contributed by atoms with Gasteiger partial charge in [-0.25, -0.2) is 4.79 Å². The van der Waals surface area contributed by atoms with Crippen molar-refractivity contribution in [1.29, 1.82) is 0 Å². The minimum atomic E-state index is -0.958. The van der Waals surface area contributed by atoms with E-state index in [-0.39, 0.29) is 12.2 Å². The molecule has 0 unspecified atom stereocenters. The van der Waals surface area contributed by atoms with Crippen LogP contribution in [-0.2, 0) is 4.79 Å². The van der Waals surface area contributed by atoms with Crippen LogP contribution in [0.3, 0.4) is 0 Å². The van der Waals surface area contributed by atoms with Crippen LogP contribution in [0.5, 0.6) is 5.75 Å². The van der Waals surface area contributed by atoms with E-state index in [0.29, 0.717) is 16.7 Å². The van der Waals surface area contributed by atoms with Crippen LogP contribution >= 0.6 is 23.4 Å². The zero-order valence-corrected chi connectivity index (χ0v) is 12.3. The molecule has 0 atom stereocenters. The van der Waals surface area contributed by atoms with Crippen LogP contribution in [0.15, 0.2) is 22.6 Å². The van der Waals surface area contributed by atoms with E-state index < -0.39 is 5.97 Å². The van der Waals surface area contributed by atoms with Gasteiger partial charge in [0.2, 0.25) is 0 Å². The van der Waals surface area contributed by atoms with Crippen molar-refractivity contribution < 1.29 is 14.6 Å². The maximum atomic E-state index is 10.9. The van der Waals surface area contributed by atoms with Crippen molar-refractivity contribution in [3.05, 3.63) is 28.3 Å². The Hall–Kier alpha value is -1.13. The molecule has 1 aliphatic rings. The number of fused-ring (bicyclic) bond motifs is 1. The summed E-state index contributed by atoms with van der Waals surface area (Å²) in [7, 11) is 0. The largest absolute Gasteiger partial charge is 0.488 e. The van der Waals surface area contributed by atoms with E-state index in [0.717, 1.165) is 16.2 Å². The summed E-state index contributed by atoms with van der Waals surface area (Å²) in [5.41, 5.74) is 0.966. The summed E-state index contributed by atoms with van der Waals surface area (Å²) in [6.45, 7) is 4.40. The Morgan fingerprint density at radius 3 is 2.89 bits per heavy atom. The van der Waals surface area contributed by atoms with Gasteiger partial charge in [0, 0.05) is 16.2 Å². The average Bonchev–Trinajstić information content (AvgIpc) is 2.35. The number of hydrogen-bond acceptors (Lipinski definition) is 3. The average molecular weight is 299 g/mol. The molecule has 1 aromatic rings. The number of ether oxygens (including phenoxy) is 1. The third kappa shape index (κ3) is 3.45. The Labute approximate surface area is 121 Å². The van der Waals surface area contributed by atoms with Crippen molar-refractivity contribution in [3.8, 4) is 5.75 Å². The first-order valence-corrected chi connectivity index (χ1v) is 7.36. The predicted molar refractivity (Wildman–Crippen MR) is 78.1 cm³/mol. The summed E-state index contributed by atoms with van der Waals surface area (Å²) in [5.74, 6) is 1.30. The van der Waals surface area contributed by atoms with Crippen LogP contribution in [0.4, 0.5) is 0 Å². The van der Waals surface area contributed by atoms with E-state index in [1.807, 2.05) is 6.07 Å². The van der Waals surface area contributed by atoms with Crippen molar-refractivity contribution in [3.63, 3.8) is 0 Å². The van der Waals surface area contributed by atoms with E-state index in [9.17, 15) is 4.79 Å². The summed E-state index contributed by atoms with van der Waals surface area (Å²) in [6, 6.07) is 3.65. The maximum absolute atomic E-state index is 10.9. The third-order valence-electron chi connectivity index (χ3n) is 2.62. The first kappa shape index (κ1) is 14.3. The van der Waals surface area contributed by atoms with Gasteiger partial charge >= 0.3 is 5.97 Å². The van der Waals surface area contributed by atoms with Crippen molar-refractivity contribution in [2.24, 2.45) is 5.92 Å². The molecule has 3 nitrogen and oxygen atoms in total. The molecule has 0 amide bonds. The highest BCUT2D eigenvalue weighted by atomic mass is 35.5. The van der Waals surface area contributed by atoms with E-state index in [1.54, 1.807) is 23.9 Å². The number of aliphatic carboxylic acids is 1. The SMILES string of the molecule is CC(C)CSc1cc2c(cc1Cl)C=C(C(=O)O)CO2. The molecule has 0 aliphatic carbocycles. The van der Waals surface area contributed by atoms with Crippen LogP contribution in [0, 0.1) is 5.92 Å². The van der Waals surface area contributed by atoms with Crippen molar-refractivity contribution in [2.75, 3.05) is 12.4 Å². The maximum Gasteiger partial charge on any atom is 0.335 e. The molecule has 2 rings (SSSR count). The van der Waals surface area contributed by atoms with Gasteiger partial charge in [0.25, 0.3) is 0 Å². The van der Waals surface area contributed by atoms with Gasteiger partial charge in [-0.1, -0.05) is 25.4 Å². The summed E-state index contributed by atoms with van der Waals surface area (Å²) in [5, 5.41) is 9.58. The lowest BCUT2D eigenvalue weighted by Crippen LogP contribution is -2.14. The van der Waals surface area contributed by atoms with Crippen LogP contribution in [0.2, 0.25) is 5.02 Å². The Bertz CT molecular complexity index is 538. The van der Waals surface area contributed by atoms with E-state index >= 15 is 0 Å². The van der Waals surface area contributed by atoms with Gasteiger partial charge in [-0.15, -0.1) is 11.8 Å². The number of rotatable bonds is 4. The van der Waals surface area contributed by atoms with Gasteiger partial charge < -0.3 is 9.84 Å². The second-order valence-corrected chi connectivity index (χ2v) is 6.26. The van der Waals surface area contributed by atoms with Crippen molar-refractivity contribution in [1.82, 2.24) is 0 Å². The molecule has 1 heterocycles. The number of carbonyl (C=O) groups is 1. The molecule has 0 spiro atoms. The van der Waals surface area contributed by atoms with Crippen molar-refractivity contribution >= 4 is 35.4 Å². The Morgan fingerprint density at radius 1 is 1.53 bits per heavy atom. The fraction of sp³-hybridized carbons (Fsp3) is 0.357. The molecule has 0 aromatic heterocycles. The summed E-state index contributed by atoms with van der Waals surface area (Å²) < 4.78 is 5.48. The van der Waals surface area contributed by atoms with Crippen LogP contribution in [0.1, 0.15) is 19.4 Å². The summed E-state index contributed by atoms with van der Waals surface area (Å²) in [6.07, 6.45) is 1.62. The lowest BCUT2D eigenvalue weighted by atomic mass is 10.1. The van der Waals surface area contributed by atoms with Crippen LogP contribution in [-0.4, -0.2) is 23.4 Å². The summed E-state index contributed by atoms with van der Waals surface area (Å²) in [4.78, 5) is 11.9. The van der Waals surface area contributed by atoms with Gasteiger partial charge in [-0.3, -0.25) is 0 Å². The minimum absolute atomic E-state index is 0.0955. The first-order chi connectivity index (χ1) is 8.97. The molecule has 5 heteroatoms. The van der Waals surface area contributed by atoms with Crippen LogP contribution in [0.25, 0.3) is 6.08 Å². The molecule has 0 saturated carbocycles. The smallest absolute Gasteiger partial charge is 0.335 e. The van der Waals surface area contributed by atoms with Gasteiger partial charge in [0.15, 0.2) is 0 Å². The van der Waals surface area contributed by atoms with E-state index in [2.05, 4.69) is 13.8 Å². The number of benzene rings is 1. The number of thioether (sulfide) groups is 1. The monoisotopic (exact) mass is 298 g/mol. The molecule has 1 aliphatic heterocycles. The van der Waals surface area contributed by atoms with E-state index in [4.69, 9.17) is 21.4 Å². The van der Waals surface area contributed by atoms with Gasteiger partial charge in [0.1, 0.15) is 12.4 Å². The fourth-order valence-electron chi connectivity index (χ4n) is 1.66. The zero-order chi connectivity index (χ0) is 14.0. The second-order valence-electron chi connectivity index (χ2n) is 4.79. The Kier molecular flexibility index (Phi) is 4.42. The molecule has 1 aromatic carbocycles. The number of carboxylic acids is 1. The number of halogens is 1. The van der Waals surface area contributed by atoms with E-state index in [1.165, 1.54) is 0 Å². The quantitative estimate of drug-likeness (QED) is 0.855. The highest BCUT2D eigenvalue weighted by molar-refractivity contribution is 7.99. The molecular weight excluding hydrogens is 284 g/mol. The molecule has 0 saturated heterocycles. The second kappa shape index (κ2) is 5.88. The first-order valence-electron chi connectivity index (χ1n) is 6.00. The van der Waals surface area contributed by atoms with Crippen molar-refractivity contribution in [2.45, 2.75) is 18.7 Å². The fourth-order valence-corrected chi connectivity index (χ4v) is 2.90. The minimum Gasteiger partial charge on any atom is -0.488 e. The molecular formula is C14H15ClO3S. The summed E-state index contributed by atoms with van der Waals surface area (Å²) >= 11 is 7.90. The van der Waals surface area contributed by atoms with Gasteiger partial charge in [0.05, 0.1) is 10.6 Å². The lowest BCUT2D eigenvalue weighted by molar-refractivity contribution is -0.132. The Balaban J connectivity index is 2.28. The highest BCUT2D eigenvalue weighted by Gasteiger charge is 2.18. The molecule has 19 heavy (non-hydrogen) atoms. The topological polar surface area (TPSA) is 46.5 Å². The number of carboxylic acid groups (broad SMARTS) is 1. The molecule has 0 bridgehead atoms. The molecule has 1 N–H and O–H groups in total. The Morgan fingerprint density at radius 2 is 2.26 bits per heavy atom. The number of hydrogen-bond donors (Lipinski definition) is 1. The normalized spacial score (nSPS) is 13.8. The lowest BCUT2D eigenvalue weighted by Gasteiger charge is -2.18. The molecule has 102 valence electrons. The van der Waals surface area contributed by atoms with Gasteiger partial charge in [-0.2, -0.15) is 0 Å². The standard InChI is InChI=1S/C14H15ClO3S/c1-8(2)7-19-13-5-12-9(4-11(13)15)3-10(6-18-12)14(16)17/h3-5,8H,6-7H2,1-2H3,(H,16,17). The van der Waals surface area contributed by atoms with Gasteiger partial charge in [-0.05, 0) is 24.1 Å². The highest BCUT2D eigenvalue weighted by Crippen LogP contribution is 2.37. The zero-order valence-electron chi connectivity index (χ0n) is 10.8. The third-order valence-corrected chi connectivity index (χ3v) is 4.53. The molecule has 0 radical (unpaired) electrons. The van der Waals surface area contributed by atoms with Crippen LogP contribution < -0.4 is 4.74 Å². The predicted octanol–water partition coefficient (Wildman–Crippen LogP) is 3.95. The molecule has 0 fully saturated rings.